The Hall–Kier alpha value is -0.933. The Labute approximate surface area is 192 Å². The lowest BCUT2D eigenvalue weighted by molar-refractivity contribution is -0.113. The summed E-state index contributed by atoms with van der Waals surface area (Å²) < 4.78 is 6.75. The van der Waals surface area contributed by atoms with Gasteiger partial charge < -0.3 is 9.22 Å². The second-order valence-electron chi connectivity index (χ2n) is 12.4. The zero-order chi connectivity index (χ0) is 23.0. The molecule has 2 nitrogen and oxygen atoms in total. The van der Waals surface area contributed by atoms with E-state index in [1.165, 1.54) is 49.5 Å². The predicted octanol–water partition coefficient (Wildman–Crippen LogP) is 8.02. The molecule has 1 unspecified atom stereocenters. The molecule has 174 valence electrons. The first-order valence-corrected chi connectivity index (χ1v) is 15.5. The van der Waals surface area contributed by atoms with E-state index in [-0.39, 0.29) is 11.0 Å². The standard InChI is InChI=1S/C28H46O2Si/c1-20-11-14-24(30-31(7,8)27(3,4)5)18-23(20)13-12-22-10-9-17-28(6)25(21(2)19-29)15-16-26(22)28/h12-13,19,21,24-26H,1,9-11,14-18H2,2-8H3/b22-12+,23-13?/t21?,24-,25+,26-,28+/m0/s1. The number of carbonyl (C=O) groups is 1. The highest BCUT2D eigenvalue weighted by Gasteiger charge is 2.50. The van der Waals surface area contributed by atoms with Gasteiger partial charge >= 0.3 is 0 Å². The maximum absolute atomic E-state index is 11.5. The van der Waals surface area contributed by atoms with Gasteiger partial charge in [-0.25, -0.2) is 0 Å². The van der Waals surface area contributed by atoms with Gasteiger partial charge in [-0.1, -0.05) is 64.5 Å². The summed E-state index contributed by atoms with van der Waals surface area (Å²) in [5, 5.41) is 0.248. The Kier molecular flexibility index (Phi) is 7.28. The van der Waals surface area contributed by atoms with Crippen molar-refractivity contribution in [3.05, 3.63) is 35.5 Å². The van der Waals surface area contributed by atoms with Crippen molar-refractivity contribution in [3.63, 3.8) is 0 Å². The molecule has 3 rings (SSSR count). The first-order chi connectivity index (χ1) is 14.4. The van der Waals surface area contributed by atoms with Gasteiger partial charge in [-0.2, -0.15) is 0 Å². The fraction of sp³-hybridized carbons (Fsp3) is 0.750. The number of carbonyl (C=O) groups excluding carboxylic acids is 1. The summed E-state index contributed by atoms with van der Waals surface area (Å²) in [5.41, 5.74) is 4.59. The molecule has 0 radical (unpaired) electrons. The quantitative estimate of drug-likeness (QED) is 0.318. The summed E-state index contributed by atoms with van der Waals surface area (Å²) in [7, 11) is -1.75. The van der Waals surface area contributed by atoms with E-state index in [9.17, 15) is 4.79 Å². The molecular formula is C28H46O2Si. The van der Waals surface area contributed by atoms with Crippen molar-refractivity contribution in [2.45, 2.75) is 110 Å². The molecule has 0 bridgehead atoms. The highest BCUT2D eigenvalue weighted by Crippen LogP contribution is 2.59. The fourth-order valence-corrected chi connectivity index (χ4v) is 7.70. The molecule has 0 aromatic heterocycles. The SMILES string of the molecule is C=C1CC[C@H](O[Si](C)(C)C(C)(C)C)CC1=C/C=C1\CCC[C@]2(C)[C@@H](C(C)C=O)CC[C@@H]12. The molecule has 0 aliphatic heterocycles. The number of aldehydes is 1. The van der Waals surface area contributed by atoms with Gasteiger partial charge in [0.1, 0.15) is 6.29 Å². The van der Waals surface area contributed by atoms with Crippen LogP contribution in [0.25, 0.3) is 0 Å². The zero-order valence-corrected chi connectivity index (χ0v) is 22.2. The molecule has 3 aliphatic rings. The third-order valence-corrected chi connectivity index (χ3v) is 13.9. The van der Waals surface area contributed by atoms with Gasteiger partial charge in [0.05, 0.1) is 0 Å². The molecule has 3 aliphatic carbocycles. The second-order valence-corrected chi connectivity index (χ2v) is 17.1. The topological polar surface area (TPSA) is 26.3 Å². The van der Waals surface area contributed by atoms with E-state index in [1.807, 2.05) is 0 Å². The van der Waals surface area contributed by atoms with Crippen molar-refractivity contribution in [2.75, 3.05) is 0 Å². The first kappa shape index (κ1) is 24.7. The zero-order valence-electron chi connectivity index (χ0n) is 21.2. The Morgan fingerprint density at radius 1 is 1.16 bits per heavy atom. The molecule has 0 saturated heterocycles. The molecule has 0 amide bonds. The van der Waals surface area contributed by atoms with Crippen LogP contribution in [0.4, 0.5) is 0 Å². The van der Waals surface area contributed by atoms with Crippen molar-refractivity contribution in [3.8, 4) is 0 Å². The second kappa shape index (κ2) is 9.13. The smallest absolute Gasteiger partial charge is 0.192 e. The Balaban J connectivity index is 1.76. The third-order valence-electron chi connectivity index (χ3n) is 9.32. The predicted molar refractivity (Wildman–Crippen MR) is 135 cm³/mol. The monoisotopic (exact) mass is 442 g/mol. The highest BCUT2D eigenvalue weighted by atomic mass is 28.4. The van der Waals surface area contributed by atoms with E-state index in [0.29, 0.717) is 23.4 Å². The molecule has 5 atom stereocenters. The number of hydrogen-bond acceptors (Lipinski definition) is 2. The lowest BCUT2D eigenvalue weighted by Crippen LogP contribution is -2.44. The number of hydrogen-bond donors (Lipinski definition) is 0. The van der Waals surface area contributed by atoms with Crippen LogP contribution in [-0.4, -0.2) is 20.7 Å². The van der Waals surface area contributed by atoms with Gasteiger partial charge in [-0.05, 0) is 92.3 Å². The first-order valence-electron chi connectivity index (χ1n) is 12.6. The van der Waals surface area contributed by atoms with Crippen LogP contribution >= 0.6 is 0 Å². The average Bonchev–Trinajstić information content (AvgIpc) is 3.04. The largest absolute Gasteiger partial charge is 0.414 e. The molecule has 0 spiro atoms. The van der Waals surface area contributed by atoms with Crippen molar-refractivity contribution in [1.29, 1.82) is 0 Å². The van der Waals surface area contributed by atoms with E-state index < -0.39 is 8.32 Å². The van der Waals surface area contributed by atoms with Crippen molar-refractivity contribution >= 4 is 14.6 Å². The minimum absolute atomic E-state index is 0.180. The van der Waals surface area contributed by atoms with Gasteiger partial charge in [0.25, 0.3) is 0 Å². The van der Waals surface area contributed by atoms with Crippen molar-refractivity contribution in [1.82, 2.24) is 0 Å². The Bertz CT molecular complexity index is 753. The summed E-state index contributed by atoms with van der Waals surface area (Å²) >= 11 is 0. The summed E-state index contributed by atoms with van der Waals surface area (Å²) in [6.07, 6.45) is 15.7. The van der Waals surface area contributed by atoms with E-state index in [2.05, 4.69) is 66.4 Å². The molecular weight excluding hydrogens is 396 g/mol. The lowest BCUT2D eigenvalue weighted by atomic mass is 9.61. The van der Waals surface area contributed by atoms with Gasteiger partial charge in [0.2, 0.25) is 0 Å². The maximum atomic E-state index is 11.5. The van der Waals surface area contributed by atoms with Crippen LogP contribution in [0.5, 0.6) is 0 Å². The molecule has 0 aromatic rings. The van der Waals surface area contributed by atoms with Crippen LogP contribution in [-0.2, 0) is 9.22 Å². The maximum Gasteiger partial charge on any atom is 0.192 e. The third kappa shape index (κ3) is 5.03. The van der Waals surface area contributed by atoms with Gasteiger partial charge in [-0.15, -0.1) is 0 Å². The average molecular weight is 443 g/mol. The summed E-state index contributed by atoms with van der Waals surface area (Å²) in [5.74, 6) is 1.36. The number of allylic oxidation sites excluding steroid dienone is 4. The molecule has 3 fully saturated rings. The number of rotatable bonds is 5. The Morgan fingerprint density at radius 2 is 1.87 bits per heavy atom. The van der Waals surface area contributed by atoms with Gasteiger partial charge in [0.15, 0.2) is 8.32 Å². The summed E-state index contributed by atoms with van der Waals surface area (Å²) in [6, 6.07) is 0. The fourth-order valence-electron chi connectivity index (χ4n) is 6.31. The van der Waals surface area contributed by atoms with Crippen LogP contribution in [0.3, 0.4) is 0 Å². The Morgan fingerprint density at radius 3 is 2.52 bits per heavy atom. The van der Waals surface area contributed by atoms with E-state index in [0.717, 1.165) is 19.3 Å². The molecule has 0 N–H and O–H groups in total. The normalized spacial score (nSPS) is 36.0. The van der Waals surface area contributed by atoms with Crippen LogP contribution in [0.15, 0.2) is 35.5 Å². The molecule has 0 heterocycles. The lowest BCUT2D eigenvalue weighted by Gasteiger charge is -2.43. The number of fused-ring (bicyclic) bond motifs is 1. The summed E-state index contributed by atoms with van der Waals surface area (Å²) in [4.78, 5) is 11.5. The molecule has 0 aromatic carbocycles. The van der Waals surface area contributed by atoms with Crippen LogP contribution < -0.4 is 0 Å². The van der Waals surface area contributed by atoms with Crippen LogP contribution in [0, 0.1) is 23.2 Å². The van der Waals surface area contributed by atoms with Crippen LogP contribution in [0.1, 0.15) is 86.0 Å². The minimum atomic E-state index is -1.75. The molecule has 3 heteroatoms. The highest BCUT2D eigenvalue weighted by molar-refractivity contribution is 6.74. The summed E-state index contributed by atoms with van der Waals surface area (Å²) in [6.45, 7) is 20.7. The van der Waals surface area contributed by atoms with Crippen LogP contribution in [0.2, 0.25) is 18.1 Å². The van der Waals surface area contributed by atoms with Gasteiger partial charge in [0, 0.05) is 12.0 Å². The van der Waals surface area contributed by atoms with Crippen molar-refractivity contribution in [2.24, 2.45) is 23.2 Å². The van der Waals surface area contributed by atoms with E-state index in [1.54, 1.807) is 5.57 Å². The van der Waals surface area contributed by atoms with Crippen molar-refractivity contribution < 1.29 is 9.22 Å². The molecule has 3 saturated carbocycles. The van der Waals surface area contributed by atoms with E-state index in [4.69, 9.17) is 4.43 Å². The minimum Gasteiger partial charge on any atom is -0.414 e. The van der Waals surface area contributed by atoms with Gasteiger partial charge in [-0.3, -0.25) is 0 Å². The van der Waals surface area contributed by atoms with E-state index >= 15 is 0 Å². The molecule has 31 heavy (non-hydrogen) atoms.